The van der Waals surface area contributed by atoms with Crippen LogP contribution in [-0.4, -0.2) is 24.4 Å². The number of carbonyl (C=O) groups excluding carboxylic acids is 1. The normalized spacial score (nSPS) is 10.9. The smallest absolute Gasteiger partial charge is 0.297 e. The van der Waals surface area contributed by atoms with Gasteiger partial charge in [-0.25, -0.2) is 0 Å². The van der Waals surface area contributed by atoms with Gasteiger partial charge in [0.25, 0.3) is 5.91 Å². The lowest BCUT2D eigenvalue weighted by molar-refractivity contribution is -0.124. The lowest BCUT2D eigenvalue weighted by Crippen LogP contribution is -2.29. The molecular weight excluding hydrogens is 140 g/mol. The van der Waals surface area contributed by atoms with Crippen molar-refractivity contribution < 1.29 is 4.79 Å². The Balaban J connectivity index is 3.91. The second-order valence-electron chi connectivity index (χ2n) is 2.36. The molecule has 0 aromatic rings. The molecule has 0 aliphatic rings. The largest absolute Gasteiger partial charge is 0.334 e. The van der Waals surface area contributed by atoms with E-state index in [1.165, 1.54) is 4.90 Å². The van der Waals surface area contributed by atoms with Crippen LogP contribution in [-0.2, 0) is 4.79 Å². The van der Waals surface area contributed by atoms with Crippen molar-refractivity contribution in [1.29, 1.82) is 5.26 Å². The molecular formula is C8H10N2O. The van der Waals surface area contributed by atoms with Gasteiger partial charge in [-0.15, -0.1) is 6.42 Å². The first-order chi connectivity index (χ1) is 5.11. The first-order valence-corrected chi connectivity index (χ1v) is 3.23. The standard InChI is InChI=1S/C8H10N2O/c1-4-8(11)10(3)6-7(2)5-9/h1,7H,6H2,2-3H3. The highest BCUT2D eigenvalue weighted by atomic mass is 16.2. The minimum Gasteiger partial charge on any atom is -0.334 e. The fraction of sp³-hybridized carbons (Fsp3) is 0.500. The van der Waals surface area contributed by atoms with E-state index < -0.39 is 0 Å². The van der Waals surface area contributed by atoms with E-state index in [9.17, 15) is 4.79 Å². The van der Waals surface area contributed by atoms with Gasteiger partial charge >= 0.3 is 0 Å². The molecule has 0 heterocycles. The summed E-state index contributed by atoms with van der Waals surface area (Å²) in [5, 5.41) is 8.40. The van der Waals surface area contributed by atoms with Crippen LogP contribution in [0.15, 0.2) is 0 Å². The summed E-state index contributed by atoms with van der Waals surface area (Å²) in [4.78, 5) is 12.1. The maximum absolute atomic E-state index is 10.7. The molecule has 0 aliphatic heterocycles. The maximum Gasteiger partial charge on any atom is 0.297 e. The second kappa shape index (κ2) is 4.35. The van der Waals surface area contributed by atoms with Gasteiger partial charge in [-0.05, 0) is 12.8 Å². The quantitative estimate of drug-likeness (QED) is 0.529. The topological polar surface area (TPSA) is 44.1 Å². The average Bonchev–Trinajstić information content (AvgIpc) is 2.02. The first kappa shape index (κ1) is 9.52. The number of amides is 1. The Morgan fingerprint density at radius 1 is 1.82 bits per heavy atom. The van der Waals surface area contributed by atoms with Crippen LogP contribution in [0.1, 0.15) is 6.92 Å². The van der Waals surface area contributed by atoms with Crippen LogP contribution in [0.25, 0.3) is 0 Å². The fourth-order valence-electron chi connectivity index (χ4n) is 0.645. The van der Waals surface area contributed by atoms with Crippen molar-refractivity contribution in [2.75, 3.05) is 13.6 Å². The molecule has 58 valence electrons. The molecule has 0 bridgehead atoms. The number of terminal acetylenes is 1. The zero-order valence-electron chi connectivity index (χ0n) is 6.66. The van der Waals surface area contributed by atoms with E-state index in [1.54, 1.807) is 14.0 Å². The van der Waals surface area contributed by atoms with Gasteiger partial charge in [0, 0.05) is 13.6 Å². The van der Waals surface area contributed by atoms with E-state index in [-0.39, 0.29) is 11.8 Å². The van der Waals surface area contributed by atoms with Gasteiger partial charge in [0.05, 0.1) is 12.0 Å². The highest BCUT2D eigenvalue weighted by Crippen LogP contribution is 1.95. The zero-order valence-corrected chi connectivity index (χ0v) is 6.66. The third-order valence-corrected chi connectivity index (χ3v) is 1.24. The van der Waals surface area contributed by atoms with Crippen molar-refractivity contribution in [1.82, 2.24) is 4.90 Å². The van der Waals surface area contributed by atoms with Crippen molar-refractivity contribution in [3.8, 4) is 18.4 Å². The molecule has 3 heteroatoms. The van der Waals surface area contributed by atoms with E-state index in [1.807, 2.05) is 12.0 Å². The Hall–Kier alpha value is -1.48. The highest BCUT2D eigenvalue weighted by Gasteiger charge is 2.08. The molecule has 0 N–H and O–H groups in total. The molecule has 0 rings (SSSR count). The summed E-state index contributed by atoms with van der Waals surface area (Å²) >= 11 is 0. The highest BCUT2D eigenvalue weighted by molar-refractivity contribution is 5.92. The Labute approximate surface area is 66.6 Å². The van der Waals surface area contributed by atoms with Gasteiger partial charge in [0.2, 0.25) is 0 Å². The van der Waals surface area contributed by atoms with Crippen LogP contribution in [0.4, 0.5) is 0 Å². The first-order valence-electron chi connectivity index (χ1n) is 3.23. The van der Waals surface area contributed by atoms with E-state index in [0.717, 1.165) is 0 Å². The van der Waals surface area contributed by atoms with Crippen LogP contribution >= 0.6 is 0 Å². The lowest BCUT2D eigenvalue weighted by Gasteiger charge is -2.14. The molecule has 1 unspecified atom stereocenters. The fourth-order valence-corrected chi connectivity index (χ4v) is 0.645. The number of carbonyl (C=O) groups is 1. The molecule has 0 spiro atoms. The van der Waals surface area contributed by atoms with Gasteiger partial charge in [-0.1, -0.05) is 0 Å². The average molecular weight is 150 g/mol. The van der Waals surface area contributed by atoms with E-state index in [2.05, 4.69) is 0 Å². The molecule has 1 amide bonds. The molecule has 0 saturated heterocycles. The Bertz CT molecular complexity index is 221. The molecule has 3 nitrogen and oxygen atoms in total. The minimum absolute atomic E-state index is 0.169. The van der Waals surface area contributed by atoms with Crippen LogP contribution in [0, 0.1) is 29.6 Å². The van der Waals surface area contributed by atoms with Gasteiger partial charge < -0.3 is 4.90 Å². The van der Waals surface area contributed by atoms with Crippen LogP contribution in [0.2, 0.25) is 0 Å². The van der Waals surface area contributed by atoms with Crippen LogP contribution in [0.5, 0.6) is 0 Å². The van der Waals surface area contributed by atoms with Crippen molar-refractivity contribution in [3.05, 3.63) is 0 Å². The number of nitrogens with zero attached hydrogens (tertiary/aromatic N) is 2. The van der Waals surface area contributed by atoms with E-state index in [4.69, 9.17) is 11.7 Å². The van der Waals surface area contributed by atoms with Crippen LogP contribution in [0.3, 0.4) is 0 Å². The zero-order chi connectivity index (χ0) is 8.85. The summed E-state index contributed by atoms with van der Waals surface area (Å²) in [5.74, 6) is 1.42. The Kier molecular flexibility index (Phi) is 3.77. The van der Waals surface area contributed by atoms with Gasteiger partial charge in [0.15, 0.2) is 0 Å². The predicted molar refractivity (Wildman–Crippen MR) is 41.2 cm³/mol. The Morgan fingerprint density at radius 3 is 2.73 bits per heavy atom. The third-order valence-electron chi connectivity index (χ3n) is 1.24. The number of hydrogen-bond acceptors (Lipinski definition) is 2. The molecule has 0 radical (unpaired) electrons. The molecule has 0 aromatic heterocycles. The summed E-state index contributed by atoms with van der Waals surface area (Å²) in [5.41, 5.74) is 0. The summed E-state index contributed by atoms with van der Waals surface area (Å²) < 4.78 is 0. The Morgan fingerprint density at radius 2 is 2.36 bits per heavy atom. The van der Waals surface area contributed by atoms with Gasteiger partial charge in [-0.2, -0.15) is 5.26 Å². The molecule has 11 heavy (non-hydrogen) atoms. The van der Waals surface area contributed by atoms with Crippen LogP contribution < -0.4 is 0 Å². The number of rotatable bonds is 2. The minimum atomic E-state index is -0.382. The maximum atomic E-state index is 10.7. The lowest BCUT2D eigenvalue weighted by atomic mass is 10.2. The van der Waals surface area contributed by atoms with Gasteiger partial charge in [-0.3, -0.25) is 4.79 Å². The predicted octanol–water partition coefficient (Wildman–Crippen LogP) is 0.238. The monoisotopic (exact) mass is 150 g/mol. The molecule has 1 atom stereocenters. The van der Waals surface area contributed by atoms with Crippen molar-refractivity contribution in [3.63, 3.8) is 0 Å². The SMILES string of the molecule is C#CC(=O)N(C)CC(C)C#N. The van der Waals surface area contributed by atoms with Crippen molar-refractivity contribution >= 4 is 5.91 Å². The number of nitriles is 1. The van der Waals surface area contributed by atoms with E-state index >= 15 is 0 Å². The number of hydrogen-bond donors (Lipinski definition) is 0. The van der Waals surface area contributed by atoms with Gasteiger partial charge in [0.1, 0.15) is 0 Å². The molecule has 0 saturated carbocycles. The summed E-state index contributed by atoms with van der Waals surface area (Å²) in [6, 6.07) is 2.01. The van der Waals surface area contributed by atoms with E-state index in [0.29, 0.717) is 6.54 Å². The molecule has 0 aliphatic carbocycles. The third kappa shape index (κ3) is 3.27. The molecule has 0 fully saturated rings. The summed E-state index contributed by atoms with van der Waals surface area (Å²) in [6.07, 6.45) is 4.87. The summed E-state index contributed by atoms with van der Waals surface area (Å²) in [7, 11) is 1.58. The summed E-state index contributed by atoms with van der Waals surface area (Å²) in [6.45, 7) is 2.12. The van der Waals surface area contributed by atoms with Crippen molar-refractivity contribution in [2.24, 2.45) is 5.92 Å². The van der Waals surface area contributed by atoms with Crippen molar-refractivity contribution in [2.45, 2.75) is 6.92 Å². The molecule has 0 aromatic carbocycles. The second-order valence-corrected chi connectivity index (χ2v) is 2.36.